The second-order valence-electron chi connectivity index (χ2n) is 3.75. The van der Waals surface area contributed by atoms with Crippen molar-refractivity contribution < 1.29 is 9.90 Å². The van der Waals surface area contributed by atoms with E-state index in [1.165, 1.54) is 6.07 Å². The molecule has 2 rings (SSSR count). The van der Waals surface area contributed by atoms with Gasteiger partial charge in [0, 0.05) is 11.6 Å². The molecule has 1 fully saturated rings. The molecule has 1 aliphatic carbocycles. The highest BCUT2D eigenvalue weighted by Crippen LogP contribution is 2.21. The molecule has 1 aromatic rings. The molecule has 0 aliphatic heterocycles. The first kappa shape index (κ1) is 9.06. The van der Waals surface area contributed by atoms with Crippen LogP contribution in [0.25, 0.3) is 0 Å². The molecule has 0 bridgehead atoms. The Morgan fingerprint density at radius 3 is 2.79 bits per heavy atom. The number of carbonyl (C=O) groups is 1. The van der Waals surface area contributed by atoms with Crippen LogP contribution in [-0.4, -0.2) is 17.1 Å². The number of benzene rings is 1. The molecule has 74 valence electrons. The second-order valence-corrected chi connectivity index (χ2v) is 3.75. The van der Waals surface area contributed by atoms with Crippen LogP contribution in [0.15, 0.2) is 18.2 Å². The van der Waals surface area contributed by atoms with E-state index in [0.717, 1.165) is 18.4 Å². The van der Waals surface area contributed by atoms with E-state index in [1.807, 2.05) is 0 Å². The topological polar surface area (TPSA) is 49.3 Å². The molecule has 0 radical (unpaired) electrons. The van der Waals surface area contributed by atoms with E-state index in [1.54, 1.807) is 19.1 Å². The van der Waals surface area contributed by atoms with Gasteiger partial charge in [0.05, 0.1) is 0 Å². The monoisotopic (exact) mass is 191 g/mol. The molecule has 0 spiro atoms. The summed E-state index contributed by atoms with van der Waals surface area (Å²) in [5.74, 6) is 0.0799. The average molecular weight is 191 g/mol. The standard InChI is InChI=1S/C11H13NO2/c1-7-2-3-8(6-10(7)13)11(14)12-9-4-5-9/h2-3,6,9,13H,4-5H2,1H3,(H,12,14). The van der Waals surface area contributed by atoms with E-state index < -0.39 is 0 Å². The van der Waals surface area contributed by atoms with Crippen molar-refractivity contribution in [1.82, 2.24) is 5.32 Å². The van der Waals surface area contributed by atoms with Crippen LogP contribution < -0.4 is 5.32 Å². The molecule has 0 atom stereocenters. The molecule has 1 saturated carbocycles. The summed E-state index contributed by atoms with van der Waals surface area (Å²) in [6.07, 6.45) is 2.15. The van der Waals surface area contributed by atoms with Crippen molar-refractivity contribution in [3.05, 3.63) is 29.3 Å². The SMILES string of the molecule is Cc1ccc(C(=O)NC2CC2)cc1O. The van der Waals surface area contributed by atoms with Crippen molar-refractivity contribution in [2.75, 3.05) is 0 Å². The van der Waals surface area contributed by atoms with Gasteiger partial charge in [-0.2, -0.15) is 0 Å². The first-order chi connectivity index (χ1) is 6.66. The maximum atomic E-state index is 11.5. The van der Waals surface area contributed by atoms with Gasteiger partial charge in [-0.15, -0.1) is 0 Å². The van der Waals surface area contributed by atoms with Gasteiger partial charge in [0.1, 0.15) is 5.75 Å². The summed E-state index contributed by atoms with van der Waals surface area (Å²) in [6.45, 7) is 1.80. The highest BCUT2D eigenvalue weighted by atomic mass is 16.3. The highest BCUT2D eigenvalue weighted by molar-refractivity contribution is 5.95. The van der Waals surface area contributed by atoms with Gasteiger partial charge in [-0.25, -0.2) is 0 Å². The maximum absolute atomic E-state index is 11.5. The number of phenols is 1. The molecule has 3 heteroatoms. The fraction of sp³-hybridized carbons (Fsp3) is 0.364. The number of carbonyl (C=O) groups excluding carboxylic acids is 1. The molecule has 3 nitrogen and oxygen atoms in total. The molecule has 0 aromatic heterocycles. The summed E-state index contributed by atoms with van der Waals surface area (Å²) in [7, 11) is 0. The molecule has 0 heterocycles. The van der Waals surface area contributed by atoms with Crippen LogP contribution in [0.3, 0.4) is 0 Å². The third kappa shape index (κ3) is 1.87. The number of rotatable bonds is 2. The highest BCUT2D eigenvalue weighted by Gasteiger charge is 2.23. The molecular weight excluding hydrogens is 178 g/mol. The maximum Gasteiger partial charge on any atom is 0.251 e. The smallest absolute Gasteiger partial charge is 0.251 e. The molecular formula is C11H13NO2. The Bertz CT molecular complexity index is 370. The Balaban J connectivity index is 2.14. The van der Waals surface area contributed by atoms with Crippen molar-refractivity contribution >= 4 is 5.91 Å². The minimum Gasteiger partial charge on any atom is -0.508 e. The fourth-order valence-electron chi connectivity index (χ4n) is 1.25. The Labute approximate surface area is 82.8 Å². The van der Waals surface area contributed by atoms with Crippen molar-refractivity contribution in [1.29, 1.82) is 0 Å². The van der Waals surface area contributed by atoms with Crippen LogP contribution in [0.4, 0.5) is 0 Å². The normalized spacial score (nSPS) is 15.2. The van der Waals surface area contributed by atoms with Gasteiger partial charge in [0.25, 0.3) is 5.91 Å². The molecule has 1 aromatic carbocycles. The third-order valence-corrected chi connectivity index (χ3v) is 2.38. The Morgan fingerprint density at radius 1 is 1.50 bits per heavy atom. The molecule has 1 amide bonds. The number of nitrogens with one attached hydrogen (secondary N) is 1. The zero-order valence-corrected chi connectivity index (χ0v) is 8.08. The minimum atomic E-state index is -0.0946. The zero-order valence-electron chi connectivity index (χ0n) is 8.08. The van der Waals surface area contributed by atoms with Crippen LogP contribution in [0, 0.1) is 6.92 Å². The Kier molecular flexibility index (Phi) is 2.15. The number of phenolic OH excluding ortho intramolecular Hbond substituents is 1. The lowest BCUT2D eigenvalue weighted by Crippen LogP contribution is -2.25. The van der Waals surface area contributed by atoms with E-state index >= 15 is 0 Å². The first-order valence-electron chi connectivity index (χ1n) is 4.77. The number of aryl methyl sites for hydroxylation is 1. The number of aromatic hydroxyl groups is 1. The van der Waals surface area contributed by atoms with E-state index in [4.69, 9.17) is 0 Å². The van der Waals surface area contributed by atoms with E-state index in [9.17, 15) is 9.90 Å². The first-order valence-corrected chi connectivity index (χ1v) is 4.77. The summed E-state index contributed by atoms with van der Waals surface area (Å²) in [6, 6.07) is 5.34. The molecule has 2 N–H and O–H groups in total. The van der Waals surface area contributed by atoms with E-state index in [-0.39, 0.29) is 11.7 Å². The quantitative estimate of drug-likeness (QED) is 0.745. The summed E-state index contributed by atoms with van der Waals surface area (Å²) < 4.78 is 0. The van der Waals surface area contributed by atoms with Crippen LogP contribution in [0.2, 0.25) is 0 Å². The Morgan fingerprint density at radius 2 is 2.21 bits per heavy atom. The lowest BCUT2D eigenvalue weighted by atomic mass is 10.1. The van der Waals surface area contributed by atoms with Gasteiger partial charge in [-0.3, -0.25) is 4.79 Å². The van der Waals surface area contributed by atoms with Crippen LogP contribution in [0.5, 0.6) is 5.75 Å². The minimum absolute atomic E-state index is 0.0946. The van der Waals surface area contributed by atoms with Crippen molar-refractivity contribution in [2.24, 2.45) is 0 Å². The van der Waals surface area contributed by atoms with E-state index in [2.05, 4.69) is 5.32 Å². The van der Waals surface area contributed by atoms with Gasteiger partial charge in [0.2, 0.25) is 0 Å². The zero-order chi connectivity index (χ0) is 10.1. The van der Waals surface area contributed by atoms with Crippen LogP contribution in [0.1, 0.15) is 28.8 Å². The summed E-state index contributed by atoms with van der Waals surface area (Å²) >= 11 is 0. The predicted molar refractivity (Wildman–Crippen MR) is 53.3 cm³/mol. The fourth-order valence-corrected chi connectivity index (χ4v) is 1.25. The van der Waals surface area contributed by atoms with Gasteiger partial charge < -0.3 is 10.4 Å². The lowest BCUT2D eigenvalue weighted by Gasteiger charge is -2.04. The largest absolute Gasteiger partial charge is 0.508 e. The van der Waals surface area contributed by atoms with Gasteiger partial charge >= 0.3 is 0 Å². The van der Waals surface area contributed by atoms with Crippen molar-refractivity contribution in [3.63, 3.8) is 0 Å². The van der Waals surface area contributed by atoms with Crippen LogP contribution in [-0.2, 0) is 0 Å². The molecule has 0 unspecified atom stereocenters. The summed E-state index contributed by atoms with van der Waals surface area (Å²) in [4.78, 5) is 11.5. The number of hydrogen-bond donors (Lipinski definition) is 2. The molecule has 1 aliphatic rings. The molecule has 0 saturated heterocycles. The van der Waals surface area contributed by atoms with Crippen molar-refractivity contribution in [2.45, 2.75) is 25.8 Å². The van der Waals surface area contributed by atoms with Gasteiger partial charge in [-0.1, -0.05) is 6.07 Å². The average Bonchev–Trinajstić information content (AvgIpc) is 2.93. The summed E-state index contributed by atoms with van der Waals surface area (Å²) in [5, 5.41) is 12.3. The lowest BCUT2D eigenvalue weighted by molar-refractivity contribution is 0.0950. The third-order valence-electron chi connectivity index (χ3n) is 2.38. The van der Waals surface area contributed by atoms with Gasteiger partial charge in [0.15, 0.2) is 0 Å². The van der Waals surface area contributed by atoms with Crippen molar-refractivity contribution in [3.8, 4) is 5.75 Å². The second kappa shape index (κ2) is 3.33. The Hall–Kier alpha value is -1.51. The number of amides is 1. The summed E-state index contributed by atoms with van der Waals surface area (Å²) in [5.41, 5.74) is 1.31. The van der Waals surface area contributed by atoms with Crippen LogP contribution >= 0.6 is 0 Å². The predicted octanol–water partition coefficient (Wildman–Crippen LogP) is 1.59. The molecule has 14 heavy (non-hydrogen) atoms. The number of hydrogen-bond acceptors (Lipinski definition) is 2. The van der Waals surface area contributed by atoms with Gasteiger partial charge in [-0.05, 0) is 37.5 Å². The van der Waals surface area contributed by atoms with E-state index in [0.29, 0.717) is 11.6 Å².